The van der Waals surface area contributed by atoms with Crippen molar-refractivity contribution in [3.63, 3.8) is 0 Å². The van der Waals surface area contributed by atoms with Gasteiger partial charge in [0.1, 0.15) is 17.2 Å². The van der Waals surface area contributed by atoms with Crippen LogP contribution in [0.15, 0.2) is 30.3 Å². The summed E-state index contributed by atoms with van der Waals surface area (Å²) in [6.45, 7) is 9.82. The molecule has 0 N–H and O–H groups in total. The fourth-order valence-corrected chi connectivity index (χ4v) is 4.34. The summed E-state index contributed by atoms with van der Waals surface area (Å²) in [7, 11) is 0. The summed E-state index contributed by atoms with van der Waals surface area (Å²) in [5.74, 6) is 0.944. The van der Waals surface area contributed by atoms with Crippen LogP contribution in [0.3, 0.4) is 0 Å². The van der Waals surface area contributed by atoms with E-state index in [1.807, 2.05) is 30.3 Å². The highest BCUT2D eigenvalue weighted by molar-refractivity contribution is 7.17. The number of para-hydroxylation sites is 1. The van der Waals surface area contributed by atoms with Crippen LogP contribution in [0.25, 0.3) is 10.4 Å². The largest absolute Gasteiger partial charge is 0.488 e. The lowest BCUT2D eigenvalue weighted by Gasteiger charge is -2.26. The Balaban J connectivity index is 1.66. The number of nitrogens with zero attached hydrogens (tertiary/aromatic N) is 1. The maximum atomic E-state index is 12.5. The summed E-state index contributed by atoms with van der Waals surface area (Å²) in [4.78, 5) is 28.4. The number of ether oxygens (including phenoxy) is 2. The monoisotopic (exact) mass is 401 g/mol. The smallest absolute Gasteiger partial charge is 0.348 e. The van der Waals surface area contributed by atoms with Crippen LogP contribution in [-0.2, 0) is 16.1 Å². The predicted octanol–water partition coefficient (Wildman–Crippen LogP) is 4.60. The van der Waals surface area contributed by atoms with E-state index in [2.05, 4.69) is 27.7 Å². The number of carbonyl (C=O) groups excluding carboxylic acids is 2. The van der Waals surface area contributed by atoms with Crippen LogP contribution in [0.2, 0.25) is 0 Å². The summed E-state index contributed by atoms with van der Waals surface area (Å²) in [6.07, 6.45) is 0. The van der Waals surface area contributed by atoms with Gasteiger partial charge >= 0.3 is 5.97 Å². The molecule has 1 aliphatic rings. The van der Waals surface area contributed by atoms with Gasteiger partial charge in [-0.05, 0) is 30.0 Å². The van der Waals surface area contributed by atoms with Crippen LogP contribution in [0, 0.1) is 11.8 Å². The molecule has 28 heavy (non-hydrogen) atoms. The Bertz CT molecular complexity index is 846. The Morgan fingerprint density at radius 1 is 1.14 bits per heavy atom. The van der Waals surface area contributed by atoms with E-state index in [0.717, 1.165) is 21.8 Å². The predicted molar refractivity (Wildman–Crippen MR) is 111 cm³/mol. The number of rotatable bonds is 7. The van der Waals surface area contributed by atoms with Gasteiger partial charge in [-0.1, -0.05) is 39.8 Å². The van der Waals surface area contributed by atoms with Crippen LogP contribution < -0.4 is 4.74 Å². The van der Waals surface area contributed by atoms with Gasteiger partial charge in [-0.3, -0.25) is 4.79 Å². The van der Waals surface area contributed by atoms with Gasteiger partial charge in [-0.25, -0.2) is 4.79 Å². The van der Waals surface area contributed by atoms with E-state index in [-0.39, 0.29) is 12.5 Å². The van der Waals surface area contributed by atoms with Gasteiger partial charge in [0.05, 0.1) is 0 Å². The number of benzene rings is 1. The maximum Gasteiger partial charge on any atom is 0.348 e. The third-order valence-electron chi connectivity index (χ3n) is 4.38. The molecule has 0 bridgehead atoms. The number of fused-ring (bicyclic) bond motifs is 3. The molecule has 0 atom stereocenters. The molecule has 1 aromatic heterocycles. The van der Waals surface area contributed by atoms with Crippen molar-refractivity contribution in [3.05, 3.63) is 40.8 Å². The van der Waals surface area contributed by atoms with E-state index in [1.165, 1.54) is 11.3 Å². The Morgan fingerprint density at radius 2 is 1.82 bits per heavy atom. The number of carbonyl (C=O) groups is 2. The number of hydrogen-bond acceptors (Lipinski definition) is 5. The molecule has 6 heteroatoms. The third kappa shape index (κ3) is 4.73. The van der Waals surface area contributed by atoms with Gasteiger partial charge in [-0.2, -0.15) is 0 Å². The van der Waals surface area contributed by atoms with E-state index in [9.17, 15) is 9.59 Å². The molecule has 1 aromatic carbocycles. The highest BCUT2D eigenvalue weighted by Gasteiger charge is 2.24. The Hall–Kier alpha value is -2.34. The number of hydrogen-bond donors (Lipinski definition) is 0. The van der Waals surface area contributed by atoms with Crippen molar-refractivity contribution in [2.45, 2.75) is 34.3 Å². The Labute approximate surface area is 170 Å². The van der Waals surface area contributed by atoms with E-state index in [4.69, 9.17) is 9.47 Å². The first-order valence-corrected chi connectivity index (χ1v) is 10.5. The van der Waals surface area contributed by atoms with Crippen LogP contribution in [-0.4, -0.2) is 36.5 Å². The normalized spacial score (nSPS) is 12.4. The lowest BCUT2D eigenvalue weighted by molar-refractivity contribution is -0.135. The first-order chi connectivity index (χ1) is 13.3. The standard InChI is InChI=1S/C22H27NO4S/c1-14(2)10-23(11-15(3)4)20(24)13-27-22(25)19-9-16-12-26-18-8-6-5-7-17(18)21(16)28-19/h5-9,14-15H,10-13H2,1-4H3. The zero-order valence-electron chi connectivity index (χ0n) is 16.9. The van der Waals surface area contributed by atoms with E-state index in [0.29, 0.717) is 36.4 Å². The van der Waals surface area contributed by atoms with Gasteiger partial charge in [0, 0.05) is 29.1 Å². The van der Waals surface area contributed by atoms with Crippen molar-refractivity contribution >= 4 is 23.2 Å². The van der Waals surface area contributed by atoms with Gasteiger partial charge in [0.25, 0.3) is 5.91 Å². The summed E-state index contributed by atoms with van der Waals surface area (Å²) in [5, 5.41) is 0. The van der Waals surface area contributed by atoms with Crippen LogP contribution in [0.4, 0.5) is 0 Å². The second-order valence-electron chi connectivity index (χ2n) is 7.91. The fourth-order valence-electron chi connectivity index (χ4n) is 3.25. The topological polar surface area (TPSA) is 55.8 Å². The molecule has 1 amide bonds. The number of amides is 1. The molecule has 2 aromatic rings. The highest BCUT2D eigenvalue weighted by Crippen LogP contribution is 2.42. The molecule has 0 aliphatic carbocycles. The lowest BCUT2D eigenvalue weighted by Crippen LogP contribution is -2.39. The molecule has 0 fully saturated rings. The fraction of sp³-hybridized carbons (Fsp3) is 0.455. The van der Waals surface area contributed by atoms with Crippen molar-refractivity contribution in [1.29, 1.82) is 0 Å². The van der Waals surface area contributed by atoms with Crippen molar-refractivity contribution in [1.82, 2.24) is 4.90 Å². The molecule has 0 saturated heterocycles. The molecule has 0 unspecified atom stereocenters. The van der Waals surface area contributed by atoms with Gasteiger partial charge in [0.2, 0.25) is 0 Å². The summed E-state index contributed by atoms with van der Waals surface area (Å²) >= 11 is 1.39. The average molecular weight is 402 g/mol. The number of thiophene rings is 1. The Morgan fingerprint density at radius 3 is 2.50 bits per heavy atom. The van der Waals surface area contributed by atoms with Crippen LogP contribution in [0.5, 0.6) is 5.75 Å². The molecule has 0 radical (unpaired) electrons. The summed E-state index contributed by atoms with van der Waals surface area (Å²) < 4.78 is 11.1. The molecule has 0 spiro atoms. The Kier molecular flexibility index (Phi) is 6.39. The molecule has 5 nitrogen and oxygen atoms in total. The highest BCUT2D eigenvalue weighted by atomic mass is 32.1. The minimum atomic E-state index is -0.459. The zero-order chi connectivity index (χ0) is 20.3. The minimum Gasteiger partial charge on any atom is -0.488 e. The average Bonchev–Trinajstić information content (AvgIpc) is 3.09. The van der Waals surface area contributed by atoms with Crippen molar-refractivity contribution in [3.8, 4) is 16.2 Å². The first-order valence-electron chi connectivity index (χ1n) is 9.65. The second kappa shape index (κ2) is 8.78. The maximum absolute atomic E-state index is 12.5. The molecule has 2 heterocycles. The third-order valence-corrected chi connectivity index (χ3v) is 5.57. The van der Waals surface area contributed by atoms with E-state index in [1.54, 1.807) is 4.90 Å². The van der Waals surface area contributed by atoms with Crippen LogP contribution in [0.1, 0.15) is 42.9 Å². The zero-order valence-corrected chi connectivity index (χ0v) is 17.7. The van der Waals surface area contributed by atoms with E-state index < -0.39 is 5.97 Å². The molecular formula is C22H27NO4S. The van der Waals surface area contributed by atoms with E-state index >= 15 is 0 Å². The van der Waals surface area contributed by atoms with Gasteiger partial charge in [0.15, 0.2) is 6.61 Å². The van der Waals surface area contributed by atoms with Gasteiger partial charge in [-0.15, -0.1) is 11.3 Å². The van der Waals surface area contributed by atoms with Crippen molar-refractivity contribution in [2.75, 3.05) is 19.7 Å². The molecule has 150 valence electrons. The number of esters is 1. The molecule has 1 aliphatic heterocycles. The van der Waals surface area contributed by atoms with Crippen LogP contribution >= 0.6 is 11.3 Å². The SMILES string of the molecule is CC(C)CN(CC(C)C)C(=O)COC(=O)c1cc2c(s1)-c1ccccc1OC2. The second-order valence-corrected chi connectivity index (χ2v) is 8.96. The first kappa shape index (κ1) is 20.4. The van der Waals surface area contributed by atoms with Crippen molar-refractivity contribution < 1.29 is 19.1 Å². The van der Waals surface area contributed by atoms with Gasteiger partial charge < -0.3 is 14.4 Å². The summed E-state index contributed by atoms with van der Waals surface area (Å²) in [6, 6.07) is 9.59. The molecule has 0 saturated carbocycles. The summed E-state index contributed by atoms with van der Waals surface area (Å²) in [5.41, 5.74) is 1.96. The molecular weight excluding hydrogens is 374 g/mol. The minimum absolute atomic E-state index is 0.147. The van der Waals surface area contributed by atoms with Crippen molar-refractivity contribution in [2.24, 2.45) is 11.8 Å². The quantitative estimate of drug-likeness (QED) is 0.636. The molecule has 3 rings (SSSR count). The lowest BCUT2D eigenvalue weighted by atomic mass is 10.1.